The van der Waals surface area contributed by atoms with Crippen LogP contribution in [0, 0.1) is 0 Å². The third-order valence-corrected chi connectivity index (χ3v) is 5.38. The number of amides is 3. The third-order valence-electron chi connectivity index (χ3n) is 4.74. The lowest BCUT2D eigenvalue weighted by atomic mass is 10.1. The zero-order chi connectivity index (χ0) is 22.6. The van der Waals surface area contributed by atoms with Crippen LogP contribution in [0.5, 0.6) is 0 Å². The molecule has 166 valence electrons. The van der Waals surface area contributed by atoms with Crippen molar-refractivity contribution >= 4 is 40.9 Å². The number of rotatable bonds is 11. The average molecular weight is 442 g/mol. The number of carbonyl (C=O) groups excluding carboxylic acids is 3. The van der Waals surface area contributed by atoms with E-state index >= 15 is 0 Å². The van der Waals surface area contributed by atoms with E-state index in [9.17, 15) is 14.4 Å². The van der Waals surface area contributed by atoms with Crippen molar-refractivity contribution in [1.82, 2.24) is 5.32 Å². The Bertz CT molecular complexity index is 867. The van der Waals surface area contributed by atoms with E-state index in [0.29, 0.717) is 23.4 Å². The molecule has 7 heteroatoms. The Morgan fingerprint density at radius 2 is 1.55 bits per heavy atom. The van der Waals surface area contributed by atoms with Crippen LogP contribution in [0.25, 0.3) is 0 Å². The largest absolute Gasteiger partial charge is 0.340 e. The van der Waals surface area contributed by atoms with Gasteiger partial charge in [0.15, 0.2) is 0 Å². The number of aryl methyl sites for hydroxylation is 1. The number of anilines is 2. The molecule has 31 heavy (non-hydrogen) atoms. The van der Waals surface area contributed by atoms with Crippen LogP contribution >= 0.6 is 11.8 Å². The zero-order valence-corrected chi connectivity index (χ0v) is 19.2. The molecule has 3 amide bonds. The van der Waals surface area contributed by atoms with Crippen LogP contribution in [0.4, 0.5) is 11.4 Å². The highest BCUT2D eigenvalue weighted by molar-refractivity contribution is 7.98. The molecule has 0 bridgehead atoms. The second-order valence-electron chi connectivity index (χ2n) is 7.36. The standard InChI is InChI=1S/C24H31N3O3S/c1-4-5-6-18-7-9-19(10-8-18)23(29)27-22(15-16-31-3)24(30)26-21-13-11-20(12-14-21)25-17(2)28/h7-14,22H,4-6,15-16H2,1-3H3,(H,25,28)(H,26,30)(H,27,29)/t22-/m0/s1. The van der Waals surface area contributed by atoms with Gasteiger partial charge < -0.3 is 16.0 Å². The maximum Gasteiger partial charge on any atom is 0.251 e. The van der Waals surface area contributed by atoms with Gasteiger partial charge in [-0.05, 0) is 73.2 Å². The number of nitrogens with one attached hydrogen (secondary N) is 3. The number of benzene rings is 2. The molecule has 3 N–H and O–H groups in total. The van der Waals surface area contributed by atoms with Crippen molar-refractivity contribution < 1.29 is 14.4 Å². The van der Waals surface area contributed by atoms with Gasteiger partial charge in [-0.3, -0.25) is 14.4 Å². The van der Waals surface area contributed by atoms with Gasteiger partial charge in [0.1, 0.15) is 6.04 Å². The molecule has 0 radical (unpaired) electrons. The minimum Gasteiger partial charge on any atom is -0.340 e. The van der Waals surface area contributed by atoms with E-state index in [2.05, 4.69) is 22.9 Å². The van der Waals surface area contributed by atoms with E-state index in [-0.39, 0.29) is 17.7 Å². The van der Waals surface area contributed by atoms with Crippen LogP contribution in [0.1, 0.15) is 49.0 Å². The van der Waals surface area contributed by atoms with Gasteiger partial charge in [-0.1, -0.05) is 25.5 Å². The summed E-state index contributed by atoms with van der Waals surface area (Å²) in [5, 5.41) is 8.40. The molecule has 0 spiro atoms. The summed E-state index contributed by atoms with van der Waals surface area (Å²) in [4.78, 5) is 36.7. The Kier molecular flexibility index (Phi) is 10.1. The van der Waals surface area contributed by atoms with Crippen molar-refractivity contribution in [3.63, 3.8) is 0 Å². The predicted molar refractivity (Wildman–Crippen MR) is 129 cm³/mol. The lowest BCUT2D eigenvalue weighted by Gasteiger charge is -2.18. The van der Waals surface area contributed by atoms with Crippen molar-refractivity contribution in [3.05, 3.63) is 59.7 Å². The lowest BCUT2D eigenvalue weighted by molar-refractivity contribution is -0.118. The maximum absolute atomic E-state index is 12.8. The Morgan fingerprint density at radius 3 is 2.10 bits per heavy atom. The number of thioether (sulfide) groups is 1. The minimum atomic E-state index is -0.644. The van der Waals surface area contributed by atoms with E-state index in [1.165, 1.54) is 12.5 Å². The second kappa shape index (κ2) is 12.8. The van der Waals surface area contributed by atoms with Crippen molar-refractivity contribution in [3.8, 4) is 0 Å². The first kappa shape index (κ1) is 24.5. The summed E-state index contributed by atoms with van der Waals surface area (Å²) in [6, 6.07) is 13.8. The average Bonchev–Trinajstić information content (AvgIpc) is 2.76. The summed E-state index contributed by atoms with van der Waals surface area (Å²) >= 11 is 1.62. The summed E-state index contributed by atoms with van der Waals surface area (Å²) < 4.78 is 0. The molecule has 0 aliphatic heterocycles. The minimum absolute atomic E-state index is 0.157. The summed E-state index contributed by atoms with van der Waals surface area (Å²) in [5.41, 5.74) is 3.00. The van der Waals surface area contributed by atoms with Crippen molar-refractivity contribution in [2.75, 3.05) is 22.6 Å². The Morgan fingerprint density at radius 1 is 0.935 bits per heavy atom. The smallest absolute Gasteiger partial charge is 0.251 e. The first-order valence-electron chi connectivity index (χ1n) is 10.5. The molecule has 1 atom stereocenters. The molecule has 0 unspecified atom stereocenters. The Balaban J connectivity index is 2.01. The highest BCUT2D eigenvalue weighted by Crippen LogP contribution is 2.15. The third kappa shape index (κ3) is 8.45. The van der Waals surface area contributed by atoms with E-state index < -0.39 is 6.04 Å². The van der Waals surface area contributed by atoms with Gasteiger partial charge in [0.25, 0.3) is 5.91 Å². The number of hydrogen-bond donors (Lipinski definition) is 3. The number of unbranched alkanes of at least 4 members (excludes halogenated alkanes) is 1. The van der Waals surface area contributed by atoms with Crippen molar-refractivity contribution in [2.24, 2.45) is 0 Å². The first-order valence-corrected chi connectivity index (χ1v) is 11.9. The topological polar surface area (TPSA) is 87.3 Å². The molecule has 2 aromatic carbocycles. The van der Waals surface area contributed by atoms with Gasteiger partial charge in [0.05, 0.1) is 0 Å². The summed E-state index contributed by atoms with van der Waals surface area (Å²) in [6.45, 7) is 3.59. The number of carbonyl (C=O) groups is 3. The highest BCUT2D eigenvalue weighted by atomic mass is 32.2. The summed E-state index contributed by atoms with van der Waals surface area (Å²) in [5.74, 6) is 0.0593. The van der Waals surface area contributed by atoms with E-state index in [4.69, 9.17) is 0 Å². The summed E-state index contributed by atoms with van der Waals surface area (Å²) in [6.07, 6.45) is 5.74. The fourth-order valence-electron chi connectivity index (χ4n) is 3.02. The molecule has 0 saturated heterocycles. The van der Waals surface area contributed by atoms with Crippen LogP contribution in [0.15, 0.2) is 48.5 Å². The van der Waals surface area contributed by atoms with Gasteiger partial charge in [0.2, 0.25) is 11.8 Å². The van der Waals surface area contributed by atoms with Crippen LogP contribution in [-0.2, 0) is 16.0 Å². The molecule has 0 aliphatic rings. The molecule has 0 aliphatic carbocycles. The highest BCUT2D eigenvalue weighted by Gasteiger charge is 2.21. The molecule has 0 fully saturated rings. The van der Waals surface area contributed by atoms with Crippen LogP contribution in [-0.4, -0.2) is 35.8 Å². The fraction of sp³-hybridized carbons (Fsp3) is 0.375. The van der Waals surface area contributed by atoms with Gasteiger partial charge >= 0.3 is 0 Å². The monoisotopic (exact) mass is 441 g/mol. The maximum atomic E-state index is 12.8. The van der Waals surface area contributed by atoms with Gasteiger partial charge in [-0.15, -0.1) is 0 Å². The lowest BCUT2D eigenvalue weighted by Crippen LogP contribution is -2.44. The molecular weight excluding hydrogens is 410 g/mol. The van der Waals surface area contributed by atoms with Crippen LogP contribution < -0.4 is 16.0 Å². The molecule has 0 heterocycles. The molecular formula is C24H31N3O3S. The fourth-order valence-corrected chi connectivity index (χ4v) is 3.49. The van der Waals surface area contributed by atoms with E-state index in [0.717, 1.165) is 25.0 Å². The van der Waals surface area contributed by atoms with Crippen LogP contribution in [0.3, 0.4) is 0 Å². The normalized spacial score (nSPS) is 11.5. The van der Waals surface area contributed by atoms with Crippen LogP contribution in [0.2, 0.25) is 0 Å². The SMILES string of the molecule is CCCCc1ccc(C(=O)N[C@@H](CCSC)C(=O)Nc2ccc(NC(C)=O)cc2)cc1. The second-order valence-corrected chi connectivity index (χ2v) is 8.34. The van der Waals surface area contributed by atoms with Gasteiger partial charge in [-0.2, -0.15) is 11.8 Å². The number of hydrogen-bond acceptors (Lipinski definition) is 4. The van der Waals surface area contributed by atoms with E-state index in [1.54, 1.807) is 36.0 Å². The van der Waals surface area contributed by atoms with Gasteiger partial charge in [-0.25, -0.2) is 0 Å². The van der Waals surface area contributed by atoms with E-state index in [1.807, 2.05) is 30.5 Å². The summed E-state index contributed by atoms with van der Waals surface area (Å²) in [7, 11) is 0. The molecule has 0 aromatic heterocycles. The first-order chi connectivity index (χ1) is 14.9. The Hall–Kier alpha value is -2.80. The molecule has 0 saturated carbocycles. The Labute approximate surface area is 188 Å². The molecule has 2 rings (SSSR count). The van der Waals surface area contributed by atoms with Crippen molar-refractivity contribution in [2.45, 2.75) is 45.6 Å². The zero-order valence-electron chi connectivity index (χ0n) is 18.4. The van der Waals surface area contributed by atoms with Gasteiger partial charge in [0, 0.05) is 23.9 Å². The predicted octanol–water partition coefficient (Wildman–Crippen LogP) is 4.48. The quantitative estimate of drug-likeness (QED) is 0.480. The molecule has 6 nitrogen and oxygen atoms in total. The van der Waals surface area contributed by atoms with Crippen molar-refractivity contribution in [1.29, 1.82) is 0 Å². The molecule has 2 aromatic rings.